The summed E-state index contributed by atoms with van der Waals surface area (Å²) in [4.78, 5) is 46.2. The Hall–Kier alpha value is -3.84. The highest BCUT2D eigenvalue weighted by Crippen LogP contribution is 2.19. The van der Waals surface area contributed by atoms with Crippen LogP contribution in [0.5, 0.6) is 0 Å². The molecule has 0 saturated carbocycles. The van der Waals surface area contributed by atoms with Crippen LogP contribution in [0.15, 0.2) is 47.4 Å². The molecule has 0 spiro atoms. The van der Waals surface area contributed by atoms with Crippen molar-refractivity contribution < 1.29 is 32.5 Å². The minimum Gasteiger partial charge on any atom is -0.454 e. The third-order valence-electron chi connectivity index (χ3n) is 4.14. The average Bonchev–Trinajstić information content (AvgIpc) is 2.72. The van der Waals surface area contributed by atoms with Crippen LogP contribution in [0.1, 0.15) is 22.8 Å². The van der Waals surface area contributed by atoms with Crippen LogP contribution in [0.25, 0.3) is 0 Å². The van der Waals surface area contributed by atoms with Crippen LogP contribution in [-0.4, -0.2) is 43.8 Å². The number of nitrogens with zero attached hydrogens (tertiary/aromatic N) is 1. The number of ether oxygens (including phenoxy) is 1. The van der Waals surface area contributed by atoms with E-state index in [2.05, 4.69) is 10.6 Å². The molecule has 0 unspecified atom stereocenters. The van der Waals surface area contributed by atoms with E-state index in [9.17, 15) is 32.9 Å². The molecule has 1 atom stereocenters. The smallest absolute Gasteiger partial charge is 0.328 e. The van der Waals surface area contributed by atoms with Crippen molar-refractivity contribution in [2.24, 2.45) is 5.14 Å². The maximum absolute atomic E-state index is 12.2. The second-order valence-electron chi connectivity index (χ2n) is 6.68. The van der Waals surface area contributed by atoms with E-state index in [4.69, 9.17) is 9.88 Å². The molecule has 2 rings (SSSR count). The number of aryl methyl sites for hydroxylation is 1. The van der Waals surface area contributed by atoms with Gasteiger partial charge in [0.1, 0.15) is 6.04 Å². The zero-order valence-electron chi connectivity index (χ0n) is 17.0. The van der Waals surface area contributed by atoms with Gasteiger partial charge in [0.2, 0.25) is 10.0 Å². The first-order valence-corrected chi connectivity index (χ1v) is 10.6. The van der Waals surface area contributed by atoms with Gasteiger partial charge in [0.25, 0.3) is 17.5 Å². The molecule has 0 aliphatic rings. The molecule has 0 aliphatic heterocycles. The molecule has 0 fully saturated rings. The average molecular weight is 464 g/mol. The number of hydrogen-bond donors (Lipinski definition) is 3. The summed E-state index contributed by atoms with van der Waals surface area (Å²) in [6, 6.07) is 7.86. The summed E-state index contributed by atoms with van der Waals surface area (Å²) in [7, 11) is -3.98. The lowest BCUT2D eigenvalue weighted by Gasteiger charge is -2.14. The number of carbonyl (C=O) groups excluding carboxylic acids is 3. The van der Waals surface area contributed by atoms with Gasteiger partial charge in [-0.2, -0.15) is 0 Å². The van der Waals surface area contributed by atoms with Crippen LogP contribution in [-0.2, 0) is 24.3 Å². The normalized spacial score (nSPS) is 11.8. The van der Waals surface area contributed by atoms with Crippen molar-refractivity contribution in [3.05, 3.63) is 63.7 Å². The van der Waals surface area contributed by atoms with Gasteiger partial charge in [-0.3, -0.25) is 19.7 Å². The van der Waals surface area contributed by atoms with E-state index < -0.39 is 45.4 Å². The zero-order chi connectivity index (χ0) is 24.1. The topological polar surface area (TPSA) is 188 Å². The monoisotopic (exact) mass is 464 g/mol. The minimum atomic E-state index is -3.98. The molecule has 2 aromatic carbocycles. The lowest BCUT2D eigenvalue weighted by molar-refractivity contribution is -0.384. The first kappa shape index (κ1) is 24.4. The Labute approximate surface area is 182 Å². The van der Waals surface area contributed by atoms with Gasteiger partial charge in [0.15, 0.2) is 6.61 Å². The summed E-state index contributed by atoms with van der Waals surface area (Å²) in [5.41, 5.74) is 0.214. The van der Waals surface area contributed by atoms with Crippen LogP contribution < -0.4 is 15.8 Å². The van der Waals surface area contributed by atoms with Crippen molar-refractivity contribution in [1.82, 2.24) is 5.32 Å². The molecule has 0 bridgehead atoms. The molecule has 2 amide bonds. The Morgan fingerprint density at radius 3 is 2.50 bits per heavy atom. The lowest BCUT2D eigenvalue weighted by Crippen LogP contribution is -2.40. The van der Waals surface area contributed by atoms with Crippen LogP contribution >= 0.6 is 0 Å². The molecule has 4 N–H and O–H groups in total. The number of non-ortho nitro benzene ring substituents is 1. The molecular weight excluding hydrogens is 444 g/mol. The molecule has 0 saturated heterocycles. The number of hydrogen-bond acceptors (Lipinski definition) is 8. The Morgan fingerprint density at radius 2 is 1.88 bits per heavy atom. The number of esters is 1. The van der Waals surface area contributed by atoms with E-state index in [0.717, 1.165) is 6.07 Å². The van der Waals surface area contributed by atoms with Crippen molar-refractivity contribution in [2.75, 3.05) is 11.9 Å². The SMILES string of the molecule is Cc1ccc(NC(=O)COC(=O)[C@H](C)NC(=O)c2cccc([N+](=O)[O-])c2)cc1S(N)(=O)=O. The number of benzene rings is 2. The van der Waals surface area contributed by atoms with E-state index >= 15 is 0 Å². The second kappa shape index (κ2) is 9.98. The third kappa shape index (κ3) is 6.58. The molecule has 0 aliphatic carbocycles. The molecule has 32 heavy (non-hydrogen) atoms. The predicted molar refractivity (Wildman–Crippen MR) is 112 cm³/mol. The number of nitro groups is 1. The molecule has 170 valence electrons. The largest absolute Gasteiger partial charge is 0.454 e. The van der Waals surface area contributed by atoms with Crippen LogP contribution in [0.2, 0.25) is 0 Å². The number of sulfonamides is 1. The highest BCUT2D eigenvalue weighted by molar-refractivity contribution is 7.89. The van der Waals surface area contributed by atoms with Crippen LogP contribution in [0.4, 0.5) is 11.4 Å². The molecular formula is C19H20N4O8S. The highest BCUT2D eigenvalue weighted by atomic mass is 32.2. The maximum Gasteiger partial charge on any atom is 0.328 e. The van der Waals surface area contributed by atoms with Gasteiger partial charge in [-0.15, -0.1) is 0 Å². The third-order valence-corrected chi connectivity index (χ3v) is 5.20. The number of anilines is 1. The van der Waals surface area contributed by atoms with E-state index in [1.54, 1.807) is 0 Å². The van der Waals surface area contributed by atoms with Crippen molar-refractivity contribution in [3.63, 3.8) is 0 Å². The quantitative estimate of drug-likeness (QED) is 0.291. The Balaban J connectivity index is 1.92. The van der Waals surface area contributed by atoms with Gasteiger partial charge in [0.05, 0.1) is 9.82 Å². The number of amides is 2. The predicted octanol–water partition coefficient (Wildman–Crippen LogP) is 0.851. The van der Waals surface area contributed by atoms with Crippen molar-refractivity contribution in [2.45, 2.75) is 24.8 Å². The minimum absolute atomic E-state index is 0.0263. The van der Waals surface area contributed by atoms with Gasteiger partial charge in [-0.1, -0.05) is 12.1 Å². The number of nitro benzene ring substituents is 1. The number of primary sulfonamides is 1. The molecule has 2 aromatic rings. The van der Waals surface area contributed by atoms with E-state index in [-0.39, 0.29) is 21.8 Å². The number of nitrogens with one attached hydrogen (secondary N) is 2. The number of nitrogens with two attached hydrogens (primary N) is 1. The number of carbonyl (C=O) groups is 3. The number of rotatable bonds is 8. The summed E-state index contributed by atoms with van der Waals surface area (Å²) in [6.45, 7) is 2.15. The zero-order valence-corrected chi connectivity index (χ0v) is 17.8. The fourth-order valence-electron chi connectivity index (χ4n) is 2.54. The van der Waals surface area contributed by atoms with Gasteiger partial charge in [-0.05, 0) is 37.6 Å². The van der Waals surface area contributed by atoms with E-state index in [1.807, 2.05) is 0 Å². The Kier molecular flexibility index (Phi) is 7.62. The van der Waals surface area contributed by atoms with E-state index in [0.29, 0.717) is 5.56 Å². The van der Waals surface area contributed by atoms with Crippen molar-refractivity contribution in [3.8, 4) is 0 Å². The first-order valence-electron chi connectivity index (χ1n) is 9.03. The summed E-state index contributed by atoms with van der Waals surface area (Å²) >= 11 is 0. The fourth-order valence-corrected chi connectivity index (χ4v) is 3.35. The lowest BCUT2D eigenvalue weighted by atomic mass is 10.2. The van der Waals surface area contributed by atoms with Gasteiger partial charge < -0.3 is 15.4 Å². The molecule has 0 radical (unpaired) electrons. The van der Waals surface area contributed by atoms with Gasteiger partial charge in [-0.25, -0.2) is 18.4 Å². The Morgan fingerprint density at radius 1 is 1.19 bits per heavy atom. The van der Waals surface area contributed by atoms with Gasteiger partial charge in [0, 0.05) is 23.4 Å². The van der Waals surface area contributed by atoms with Crippen LogP contribution in [0.3, 0.4) is 0 Å². The first-order chi connectivity index (χ1) is 14.9. The molecule has 0 heterocycles. The van der Waals surface area contributed by atoms with Crippen molar-refractivity contribution >= 4 is 39.2 Å². The van der Waals surface area contributed by atoms with Crippen LogP contribution in [0, 0.1) is 17.0 Å². The summed E-state index contributed by atoms with van der Waals surface area (Å²) < 4.78 is 27.9. The standard InChI is InChI=1S/C19H20N4O8S/c1-11-6-7-14(9-16(11)32(20,29)30)22-17(24)10-31-19(26)12(2)21-18(25)13-4-3-5-15(8-13)23(27)28/h3-9,12H,10H2,1-2H3,(H,21,25)(H,22,24)(H2,20,29,30)/t12-/m0/s1. The summed E-state index contributed by atoms with van der Waals surface area (Å²) in [5, 5.41) is 20.6. The second-order valence-corrected chi connectivity index (χ2v) is 8.21. The molecule has 12 nitrogen and oxygen atoms in total. The molecule has 0 aromatic heterocycles. The maximum atomic E-state index is 12.2. The van der Waals surface area contributed by atoms with Gasteiger partial charge >= 0.3 is 5.97 Å². The Bertz CT molecular complexity index is 1180. The summed E-state index contributed by atoms with van der Waals surface area (Å²) in [6.07, 6.45) is 0. The van der Waals surface area contributed by atoms with E-state index in [1.165, 1.54) is 50.2 Å². The highest BCUT2D eigenvalue weighted by Gasteiger charge is 2.20. The van der Waals surface area contributed by atoms with Crippen molar-refractivity contribution in [1.29, 1.82) is 0 Å². The summed E-state index contributed by atoms with van der Waals surface area (Å²) in [5.74, 6) is -2.41. The fraction of sp³-hybridized carbons (Fsp3) is 0.211. The molecule has 13 heteroatoms.